The molecule has 1 fully saturated rings. The van der Waals surface area contributed by atoms with E-state index in [0.29, 0.717) is 5.41 Å². The summed E-state index contributed by atoms with van der Waals surface area (Å²) in [5, 5.41) is 2.67. The van der Waals surface area contributed by atoms with E-state index in [1.165, 1.54) is 81.7 Å². The third kappa shape index (κ3) is 2.38. The first kappa shape index (κ1) is 15.6. The molecule has 25 heavy (non-hydrogen) atoms. The summed E-state index contributed by atoms with van der Waals surface area (Å²) in [4.78, 5) is 4.91. The molecular formula is C23H22BrN. The van der Waals surface area contributed by atoms with Crippen LogP contribution in [0.5, 0.6) is 0 Å². The summed E-state index contributed by atoms with van der Waals surface area (Å²) in [5.74, 6) is 0. The van der Waals surface area contributed by atoms with Crippen molar-refractivity contribution in [3.63, 3.8) is 0 Å². The Kier molecular flexibility index (Phi) is 3.53. The summed E-state index contributed by atoms with van der Waals surface area (Å²) < 4.78 is 1.20. The maximum Gasteiger partial charge on any atom is 0.0743 e. The first-order chi connectivity index (χ1) is 12.2. The van der Waals surface area contributed by atoms with Crippen molar-refractivity contribution in [1.82, 2.24) is 4.98 Å². The first-order valence-electron chi connectivity index (χ1n) is 9.32. The van der Waals surface area contributed by atoms with Crippen LogP contribution in [0.15, 0.2) is 47.1 Å². The van der Waals surface area contributed by atoms with E-state index in [2.05, 4.69) is 59.3 Å². The van der Waals surface area contributed by atoms with E-state index >= 15 is 0 Å². The highest BCUT2D eigenvalue weighted by Crippen LogP contribution is 2.52. The highest BCUT2D eigenvalue weighted by Gasteiger charge is 2.41. The van der Waals surface area contributed by atoms with Crippen molar-refractivity contribution in [3.05, 3.63) is 63.8 Å². The third-order valence-electron chi connectivity index (χ3n) is 6.41. The summed E-state index contributed by atoms with van der Waals surface area (Å²) in [7, 11) is 0. The Hall–Kier alpha value is -1.67. The Bertz CT molecular complexity index is 983. The molecule has 0 N–H and O–H groups in total. The zero-order valence-electron chi connectivity index (χ0n) is 14.6. The van der Waals surface area contributed by atoms with E-state index in [0.717, 1.165) is 0 Å². The average molecular weight is 392 g/mol. The predicted molar refractivity (Wildman–Crippen MR) is 108 cm³/mol. The maximum atomic E-state index is 4.91. The van der Waals surface area contributed by atoms with Gasteiger partial charge in [0.1, 0.15) is 0 Å². The van der Waals surface area contributed by atoms with Crippen LogP contribution in [0.2, 0.25) is 0 Å². The first-order valence-corrected chi connectivity index (χ1v) is 10.1. The minimum atomic E-state index is 0.503. The maximum absolute atomic E-state index is 4.91. The van der Waals surface area contributed by atoms with Gasteiger partial charge in [-0.25, -0.2) is 0 Å². The highest BCUT2D eigenvalue weighted by atomic mass is 79.9. The van der Waals surface area contributed by atoms with Crippen LogP contribution in [0, 0.1) is 12.3 Å². The molecule has 1 nitrogen and oxygen atoms in total. The van der Waals surface area contributed by atoms with E-state index in [1.54, 1.807) is 0 Å². The summed E-state index contributed by atoms with van der Waals surface area (Å²) >= 11 is 3.78. The monoisotopic (exact) mass is 391 g/mol. The number of pyridine rings is 1. The number of halogens is 1. The molecule has 1 heterocycles. The average Bonchev–Trinajstić information content (AvgIpc) is 3.24. The molecule has 1 aromatic heterocycles. The molecule has 3 aromatic rings. The van der Waals surface area contributed by atoms with E-state index in [-0.39, 0.29) is 0 Å². The van der Waals surface area contributed by atoms with Gasteiger partial charge >= 0.3 is 0 Å². The molecule has 0 amide bonds. The van der Waals surface area contributed by atoms with Crippen molar-refractivity contribution < 1.29 is 0 Å². The van der Waals surface area contributed by atoms with Gasteiger partial charge in [-0.1, -0.05) is 49.2 Å². The van der Waals surface area contributed by atoms with Gasteiger partial charge < -0.3 is 0 Å². The largest absolute Gasteiger partial charge is 0.255 e. The lowest BCUT2D eigenvalue weighted by Crippen LogP contribution is -2.15. The molecule has 1 spiro atoms. The summed E-state index contributed by atoms with van der Waals surface area (Å²) in [6.45, 7) is 2.19. The van der Waals surface area contributed by atoms with Gasteiger partial charge in [0, 0.05) is 16.2 Å². The number of aromatic nitrogens is 1. The minimum absolute atomic E-state index is 0.503. The second-order valence-corrected chi connectivity index (χ2v) is 8.80. The van der Waals surface area contributed by atoms with Gasteiger partial charge in [0.25, 0.3) is 0 Å². The summed E-state index contributed by atoms with van der Waals surface area (Å²) in [5.41, 5.74) is 7.34. The standard InChI is InChI=1S/C23H22BrN/c1-15-8-9-18(17-7-3-2-6-16(15)17)22-20-13-23(10-4-5-11-23)12-19(20)21(24)14-25-22/h2-3,6-9,14H,4-5,10-13H2,1H3. The quantitative estimate of drug-likeness (QED) is 0.453. The van der Waals surface area contributed by atoms with Crippen LogP contribution >= 0.6 is 15.9 Å². The normalized spacial score (nSPS) is 18.2. The fourth-order valence-corrected chi connectivity index (χ4v) is 5.61. The van der Waals surface area contributed by atoms with E-state index < -0.39 is 0 Å². The molecular weight excluding hydrogens is 370 g/mol. The molecule has 1 saturated carbocycles. The molecule has 5 rings (SSSR count). The van der Waals surface area contributed by atoms with E-state index in [4.69, 9.17) is 4.98 Å². The van der Waals surface area contributed by atoms with Crippen molar-refractivity contribution in [2.45, 2.75) is 45.4 Å². The van der Waals surface area contributed by atoms with Crippen LogP contribution in [0.4, 0.5) is 0 Å². The van der Waals surface area contributed by atoms with E-state index in [1.807, 2.05) is 6.20 Å². The second kappa shape index (κ2) is 5.67. The molecule has 0 aliphatic heterocycles. The molecule has 0 radical (unpaired) electrons. The van der Waals surface area contributed by atoms with Crippen LogP contribution in [-0.4, -0.2) is 4.98 Å². The fraction of sp³-hybridized carbons (Fsp3) is 0.348. The van der Waals surface area contributed by atoms with Crippen molar-refractivity contribution in [2.75, 3.05) is 0 Å². The second-order valence-electron chi connectivity index (χ2n) is 7.95. The topological polar surface area (TPSA) is 12.9 Å². The number of aryl methyl sites for hydroxylation is 1. The predicted octanol–water partition coefficient (Wildman–Crippen LogP) is 6.63. The van der Waals surface area contributed by atoms with Crippen LogP contribution in [0.25, 0.3) is 22.0 Å². The van der Waals surface area contributed by atoms with Gasteiger partial charge in [-0.3, -0.25) is 4.98 Å². The van der Waals surface area contributed by atoms with Gasteiger partial charge in [-0.05, 0) is 81.4 Å². The van der Waals surface area contributed by atoms with Crippen molar-refractivity contribution in [3.8, 4) is 11.3 Å². The van der Waals surface area contributed by atoms with Crippen LogP contribution in [0.3, 0.4) is 0 Å². The number of benzene rings is 2. The molecule has 2 aliphatic carbocycles. The van der Waals surface area contributed by atoms with Crippen LogP contribution in [0.1, 0.15) is 42.4 Å². The molecule has 0 saturated heterocycles. The molecule has 2 aliphatic rings. The van der Waals surface area contributed by atoms with Gasteiger partial charge in [0.2, 0.25) is 0 Å². The molecule has 2 heteroatoms. The number of hydrogen-bond donors (Lipinski definition) is 0. The Labute approximate surface area is 157 Å². The summed E-state index contributed by atoms with van der Waals surface area (Å²) in [6, 6.07) is 13.3. The van der Waals surface area contributed by atoms with Crippen LogP contribution < -0.4 is 0 Å². The lowest BCUT2D eigenvalue weighted by molar-refractivity contribution is 0.317. The SMILES string of the molecule is Cc1ccc(-c2ncc(Br)c3c2CC2(CCCC2)C3)c2ccccc12. The Balaban J connectivity index is 1.73. The number of rotatable bonds is 1. The van der Waals surface area contributed by atoms with Crippen molar-refractivity contribution >= 4 is 26.7 Å². The molecule has 0 bridgehead atoms. The van der Waals surface area contributed by atoms with Crippen LogP contribution in [-0.2, 0) is 12.8 Å². The highest BCUT2D eigenvalue weighted by molar-refractivity contribution is 9.10. The van der Waals surface area contributed by atoms with Gasteiger partial charge in [-0.15, -0.1) is 0 Å². The molecule has 2 aromatic carbocycles. The fourth-order valence-electron chi connectivity index (χ4n) is 5.13. The number of hydrogen-bond acceptors (Lipinski definition) is 1. The Morgan fingerprint density at radius 2 is 1.64 bits per heavy atom. The molecule has 0 atom stereocenters. The zero-order chi connectivity index (χ0) is 17.0. The Morgan fingerprint density at radius 1 is 0.920 bits per heavy atom. The number of fused-ring (bicyclic) bond motifs is 2. The smallest absolute Gasteiger partial charge is 0.0743 e. The lowest BCUT2D eigenvalue weighted by Gasteiger charge is -2.21. The van der Waals surface area contributed by atoms with Gasteiger partial charge in [0.05, 0.1) is 5.69 Å². The zero-order valence-corrected chi connectivity index (χ0v) is 16.2. The molecule has 126 valence electrons. The van der Waals surface area contributed by atoms with E-state index in [9.17, 15) is 0 Å². The van der Waals surface area contributed by atoms with Crippen molar-refractivity contribution in [2.24, 2.45) is 5.41 Å². The number of nitrogens with zero attached hydrogens (tertiary/aromatic N) is 1. The van der Waals surface area contributed by atoms with Gasteiger partial charge in [0.15, 0.2) is 0 Å². The summed E-state index contributed by atoms with van der Waals surface area (Å²) in [6.07, 6.45) is 9.99. The third-order valence-corrected chi connectivity index (χ3v) is 7.09. The Morgan fingerprint density at radius 3 is 2.44 bits per heavy atom. The van der Waals surface area contributed by atoms with Gasteiger partial charge in [-0.2, -0.15) is 0 Å². The minimum Gasteiger partial charge on any atom is -0.255 e. The lowest BCUT2D eigenvalue weighted by atomic mass is 9.83. The van der Waals surface area contributed by atoms with Crippen molar-refractivity contribution in [1.29, 1.82) is 0 Å². The molecule has 0 unspecified atom stereocenters.